The molecule has 0 spiro atoms. The number of anilines is 1. The average Bonchev–Trinajstić information content (AvgIpc) is 2.50. The normalized spacial score (nSPS) is 11.8. The molecule has 0 bridgehead atoms. The third-order valence-electron chi connectivity index (χ3n) is 1.85. The molecule has 5 nitrogen and oxygen atoms in total. The Bertz CT molecular complexity index is 301. The highest BCUT2D eigenvalue weighted by molar-refractivity contribution is 5.23. The fourth-order valence-corrected chi connectivity index (χ4v) is 1.07. The summed E-state index contributed by atoms with van der Waals surface area (Å²) in [5.74, 6) is 1.30. The first-order valence-corrected chi connectivity index (χ1v) is 5.13. The van der Waals surface area contributed by atoms with Gasteiger partial charge < -0.3 is 14.7 Å². The second kappa shape index (κ2) is 4.61. The minimum Gasteiger partial charge on any atom is -0.344 e. The van der Waals surface area contributed by atoms with Gasteiger partial charge in [-0.25, -0.2) is 0 Å². The highest BCUT2D eigenvalue weighted by Gasteiger charge is 2.11. The minimum absolute atomic E-state index is 0.129. The van der Waals surface area contributed by atoms with E-state index in [9.17, 15) is 0 Å². The molecule has 86 valence electrons. The second-order valence-corrected chi connectivity index (χ2v) is 4.81. The highest BCUT2D eigenvalue weighted by Crippen LogP contribution is 2.06. The average molecular weight is 212 g/mol. The molecule has 1 aromatic heterocycles. The maximum atomic E-state index is 5.10. The van der Waals surface area contributed by atoms with Crippen molar-refractivity contribution in [3.63, 3.8) is 0 Å². The van der Waals surface area contributed by atoms with Gasteiger partial charge in [0.1, 0.15) is 0 Å². The number of aromatic nitrogens is 2. The molecule has 0 radical (unpaired) electrons. The smallest absolute Gasteiger partial charge is 0.265 e. The molecule has 1 aromatic rings. The number of nitrogens with one attached hydrogen (secondary N) is 1. The van der Waals surface area contributed by atoms with Gasteiger partial charge >= 0.3 is 0 Å². The predicted molar refractivity (Wildman–Crippen MR) is 60.1 cm³/mol. The van der Waals surface area contributed by atoms with Crippen molar-refractivity contribution in [2.45, 2.75) is 32.7 Å². The van der Waals surface area contributed by atoms with E-state index in [0.29, 0.717) is 11.8 Å². The van der Waals surface area contributed by atoms with Crippen LogP contribution >= 0.6 is 0 Å². The molecular formula is C10H20N4O. The summed E-state index contributed by atoms with van der Waals surface area (Å²) in [6.45, 7) is 7.24. The van der Waals surface area contributed by atoms with Crippen molar-refractivity contribution in [2.24, 2.45) is 0 Å². The van der Waals surface area contributed by atoms with Crippen LogP contribution in [0.15, 0.2) is 4.52 Å². The van der Waals surface area contributed by atoms with Gasteiger partial charge in [0.2, 0.25) is 5.89 Å². The molecule has 15 heavy (non-hydrogen) atoms. The summed E-state index contributed by atoms with van der Waals surface area (Å²) < 4.78 is 5.10. The molecule has 0 saturated carbocycles. The molecule has 1 heterocycles. The van der Waals surface area contributed by atoms with Crippen molar-refractivity contribution in [3.05, 3.63) is 5.89 Å². The maximum absolute atomic E-state index is 5.10. The lowest BCUT2D eigenvalue weighted by atomic mass is 10.1. The van der Waals surface area contributed by atoms with E-state index in [0.717, 1.165) is 13.0 Å². The Morgan fingerprint density at radius 1 is 1.33 bits per heavy atom. The molecule has 0 unspecified atom stereocenters. The van der Waals surface area contributed by atoms with Crippen LogP contribution in [0.2, 0.25) is 0 Å². The zero-order valence-corrected chi connectivity index (χ0v) is 10.2. The van der Waals surface area contributed by atoms with Crippen LogP contribution in [-0.4, -0.2) is 36.3 Å². The van der Waals surface area contributed by atoms with Crippen molar-refractivity contribution in [3.8, 4) is 0 Å². The molecular weight excluding hydrogens is 192 g/mol. The Balaban J connectivity index is 2.38. The standard InChI is InChI=1S/C10H20N4O/c1-10(2,3)11-7-6-8-12-9(13-15-8)14(4)5/h11H,6-7H2,1-5H3. The van der Waals surface area contributed by atoms with Gasteiger partial charge in [0, 0.05) is 32.6 Å². The fraction of sp³-hybridized carbons (Fsp3) is 0.800. The molecule has 0 aliphatic heterocycles. The number of hydrogen-bond donors (Lipinski definition) is 1. The van der Waals surface area contributed by atoms with Crippen molar-refractivity contribution in [1.29, 1.82) is 0 Å². The third kappa shape index (κ3) is 4.29. The molecule has 5 heteroatoms. The quantitative estimate of drug-likeness (QED) is 0.809. The highest BCUT2D eigenvalue weighted by atomic mass is 16.5. The van der Waals surface area contributed by atoms with Crippen LogP contribution in [0.25, 0.3) is 0 Å². The molecule has 0 atom stereocenters. The zero-order chi connectivity index (χ0) is 11.5. The van der Waals surface area contributed by atoms with Gasteiger partial charge in [0.05, 0.1) is 0 Å². The molecule has 0 saturated heterocycles. The van der Waals surface area contributed by atoms with Gasteiger partial charge in [-0.15, -0.1) is 0 Å². The van der Waals surface area contributed by atoms with Crippen molar-refractivity contribution < 1.29 is 4.52 Å². The van der Waals surface area contributed by atoms with Gasteiger partial charge in [-0.1, -0.05) is 0 Å². The van der Waals surface area contributed by atoms with Gasteiger partial charge in [-0.3, -0.25) is 0 Å². The van der Waals surface area contributed by atoms with E-state index in [-0.39, 0.29) is 5.54 Å². The Labute approximate surface area is 90.8 Å². The monoisotopic (exact) mass is 212 g/mol. The van der Waals surface area contributed by atoms with E-state index in [1.54, 1.807) is 0 Å². The van der Waals surface area contributed by atoms with E-state index in [1.807, 2.05) is 19.0 Å². The summed E-state index contributed by atoms with van der Waals surface area (Å²) >= 11 is 0. The number of rotatable bonds is 4. The van der Waals surface area contributed by atoms with Gasteiger partial charge in [-0.05, 0) is 25.9 Å². The van der Waals surface area contributed by atoms with Gasteiger partial charge in [-0.2, -0.15) is 4.98 Å². The maximum Gasteiger partial charge on any atom is 0.265 e. The Morgan fingerprint density at radius 2 is 2.00 bits per heavy atom. The Hall–Kier alpha value is -1.10. The Morgan fingerprint density at radius 3 is 2.47 bits per heavy atom. The molecule has 0 aromatic carbocycles. The molecule has 0 aliphatic rings. The lowest BCUT2D eigenvalue weighted by Gasteiger charge is -2.19. The summed E-state index contributed by atoms with van der Waals surface area (Å²) in [5, 5.41) is 7.21. The van der Waals surface area contributed by atoms with Crippen LogP contribution < -0.4 is 10.2 Å². The Kier molecular flexibility index (Phi) is 3.68. The lowest BCUT2D eigenvalue weighted by Crippen LogP contribution is -2.37. The third-order valence-corrected chi connectivity index (χ3v) is 1.85. The van der Waals surface area contributed by atoms with Gasteiger partial charge in [0.25, 0.3) is 5.95 Å². The van der Waals surface area contributed by atoms with E-state index >= 15 is 0 Å². The largest absolute Gasteiger partial charge is 0.344 e. The summed E-state index contributed by atoms with van der Waals surface area (Å²) in [4.78, 5) is 6.06. The SMILES string of the molecule is CN(C)c1noc(CCNC(C)(C)C)n1. The lowest BCUT2D eigenvalue weighted by molar-refractivity contribution is 0.362. The molecule has 0 amide bonds. The van der Waals surface area contributed by atoms with Crippen LogP contribution in [0.1, 0.15) is 26.7 Å². The van der Waals surface area contributed by atoms with Crippen LogP contribution in [0.5, 0.6) is 0 Å². The summed E-state index contributed by atoms with van der Waals surface area (Å²) in [7, 11) is 3.78. The van der Waals surface area contributed by atoms with Crippen LogP contribution in [0.4, 0.5) is 5.95 Å². The van der Waals surface area contributed by atoms with E-state index in [4.69, 9.17) is 4.52 Å². The first-order chi connectivity index (χ1) is 6.88. The van der Waals surface area contributed by atoms with Crippen LogP contribution in [0.3, 0.4) is 0 Å². The molecule has 0 aliphatic carbocycles. The van der Waals surface area contributed by atoms with E-state index < -0.39 is 0 Å². The number of nitrogens with zero attached hydrogens (tertiary/aromatic N) is 3. The first-order valence-electron chi connectivity index (χ1n) is 5.13. The summed E-state index contributed by atoms with van der Waals surface area (Å²) in [6, 6.07) is 0. The van der Waals surface area contributed by atoms with Crippen molar-refractivity contribution in [1.82, 2.24) is 15.5 Å². The second-order valence-electron chi connectivity index (χ2n) is 4.81. The summed E-state index contributed by atoms with van der Waals surface area (Å²) in [6.07, 6.45) is 0.762. The van der Waals surface area contributed by atoms with E-state index in [2.05, 4.69) is 36.2 Å². The topological polar surface area (TPSA) is 54.2 Å². The van der Waals surface area contributed by atoms with E-state index in [1.165, 1.54) is 0 Å². The van der Waals surface area contributed by atoms with Crippen molar-refractivity contribution in [2.75, 3.05) is 25.5 Å². The van der Waals surface area contributed by atoms with Crippen LogP contribution in [0, 0.1) is 0 Å². The molecule has 1 rings (SSSR count). The first kappa shape index (κ1) is 12.0. The fourth-order valence-electron chi connectivity index (χ4n) is 1.07. The minimum atomic E-state index is 0.129. The summed E-state index contributed by atoms with van der Waals surface area (Å²) in [5.41, 5.74) is 0.129. The molecule has 1 N–H and O–H groups in total. The molecule has 0 fully saturated rings. The van der Waals surface area contributed by atoms with Gasteiger partial charge in [0.15, 0.2) is 0 Å². The number of hydrogen-bond acceptors (Lipinski definition) is 5. The van der Waals surface area contributed by atoms with Crippen molar-refractivity contribution >= 4 is 5.95 Å². The predicted octanol–water partition coefficient (Wildman–Crippen LogP) is 1.07. The zero-order valence-electron chi connectivity index (χ0n) is 10.2. The van der Waals surface area contributed by atoms with Crippen LogP contribution in [-0.2, 0) is 6.42 Å².